The van der Waals surface area contributed by atoms with Crippen LogP contribution in [0.5, 0.6) is 0 Å². The minimum Gasteiger partial charge on any atom is -0.475 e. The zero-order valence-electron chi connectivity index (χ0n) is 9.36. The highest BCUT2D eigenvalue weighted by Gasteiger charge is 2.13. The number of aromatic carboxylic acids is 1. The summed E-state index contributed by atoms with van der Waals surface area (Å²) in [7, 11) is 1.80. The lowest BCUT2D eigenvalue weighted by atomic mass is 10.1. The fourth-order valence-electron chi connectivity index (χ4n) is 1.71. The number of benzene rings is 1. The van der Waals surface area contributed by atoms with Crippen molar-refractivity contribution in [2.45, 2.75) is 0 Å². The third kappa shape index (κ3) is 1.53. The van der Waals surface area contributed by atoms with E-state index in [1.807, 2.05) is 12.1 Å². The lowest BCUT2D eigenvalue weighted by Gasteiger charge is -1.95. The maximum atomic E-state index is 10.7. The first-order chi connectivity index (χ1) is 8.65. The molecule has 0 atom stereocenters. The van der Waals surface area contributed by atoms with E-state index >= 15 is 0 Å². The Kier molecular flexibility index (Phi) is 2.12. The van der Waals surface area contributed by atoms with Crippen LogP contribution in [0.1, 0.15) is 10.6 Å². The van der Waals surface area contributed by atoms with E-state index in [2.05, 4.69) is 15.5 Å². The van der Waals surface area contributed by atoms with Crippen LogP contribution in [0.4, 0.5) is 0 Å². The molecule has 1 aromatic carbocycles. The normalized spacial score (nSPS) is 10.9. The molecule has 0 amide bonds. The molecule has 2 aromatic heterocycles. The van der Waals surface area contributed by atoms with Crippen molar-refractivity contribution < 1.29 is 14.4 Å². The molecule has 0 fully saturated rings. The second kappa shape index (κ2) is 3.66. The van der Waals surface area contributed by atoms with E-state index in [4.69, 9.17) is 9.63 Å². The van der Waals surface area contributed by atoms with Crippen LogP contribution in [0.15, 0.2) is 28.8 Å². The van der Waals surface area contributed by atoms with Crippen molar-refractivity contribution in [2.24, 2.45) is 7.05 Å². The van der Waals surface area contributed by atoms with Gasteiger partial charge in [0.05, 0.1) is 5.52 Å². The summed E-state index contributed by atoms with van der Waals surface area (Å²) in [4.78, 5) is 10.7. The van der Waals surface area contributed by atoms with E-state index in [9.17, 15) is 4.79 Å². The van der Waals surface area contributed by atoms with Crippen molar-refractivity contribution in [2.75, 3.05) is 0 Å². The number of nitrogens with zero attached hydrogens (tertiary/aromatic N) is 4. The summed E-state index contributed by atoms with van der Waals surface area (Å²) in [5.41, 5.74) is 2.80. The monoisotopic (exact) mass is 244 g/mol. The van der Waals surface area contributed by atoms with E-state index in [0.29, 0.717) is 5.69 Å². The third-order valence-electron chi connectivity index (χ3n) is 2.63. The summed E-state index contributed by atoms with van der Waals surface area (Å²) in [6, 6.07) is 6.82. The van der Waals surface area contributed by atoms with Crippen LogP contribution in [0.25, 0.3) is 22.3 Å². The Morgan fingerprint density at radius 2 is 2.22 bits per heavy atom. The second-order valence-electron chi connectivity index (χ2n) is 3.80. The van der Waals surface area contributed by atoms with Crippen molar-refractivity contribution >= 4 is 17.0 Å². The Morgan fingerprint density at radius 1 is 1.39 bits per heavy atom. The van der Waals surface area contributed by atoms with Gasteiger partial charge in [-0.2, -0.15) is 0 Å². The van der Waals surface area contributed by atoms with Crippen LogP contribution in [0.2, 0.25) is 0 Å². The molecule has 3 rings (SSSR count). The van der Waals surface area contributed by atoms with Gasteiger partial charge in [-0.25, -0.2) is 9.48 Å². The molecule has 1 N–H and O–H groups in total. The molecule has 0 aliphatic rings. The molecular weight excluding hydrogens is 236 g/mol. The second-order valence-corrected chi connectivity index (χ2v) is 3.80. The standard InChI is InChI=1S/C11H8N4O3/c1-15-9-3-2-6(4-8(9)12-14-15)7-5-10(11(16)17)18-13-7/h2-5H,1H3,(H,16,17). The average Bonchev–Trinajstić information content (AvgIpc) is 2.96. The highest BCUT2D eigenvalue weighted by Crippen LogP contribution is 2.22. The number of aryl methyl sites for hydroxylation is 1. The molecule has 0 spiro atoms. The van der Waals surface area contributed by atoms with E-state index in [1.54, 1.807) is 17.8 Å². The van der Waals surface area contributed by atoms with Gasteiger partial charge in [0, 0.05) is 18.7 Å². The van der Waals surface area contributed by atoms with Gasteiger partial charge in [0.25, 0.3) is 0 Å². The van der Waals surface area contributed by atoms with Gasteiger partial charge in [0.15, 0.2) is 0 Å². The van der Waals surface area contributed by atoms with Gasteiger partial charge in [-0.3, -0.25) is 0 Å². The van der Waals surface area contributed by atoms with Gasteiger partial charge in [0.1, 0.15) is 11.2 Å². The van der Waals surface area contributed by atoms with Crippen LogP contribution in [0.3, 0.4) is 0 Å². The first-order valence-electron chi connectivity index (χ1n) is 5.15. The summed E-state index contributed by atoms with van der Waals surface area (Å²) in [5.74, 6) is -1.33. The highest BCUT2D eigenvalue weighted by molar-refractivity contribution is 5.86. The highest BCUT2D eigenvalue weighted by atomic mass is 16.5. The molecule has 0 radical (unpaired) electrons. The number of hydrogen-bond donors (Lipinski definition) is 1. The van der Waals surface area contributed by atoms with Crippen LogP contribution in [-0.2, 0) is 7.05 Å². The molecule has 0 saturated carbocycles. The molecule has 2 heterocycles. The lowest BCUT2D eigenvalue weighted by molar-refractivity contribution is 0.0652. The van der Waals surface area contributed by atoms with Crippen molar-refractivity contribution in [1.29, 1.82) is 0 Å². The average molecular weight is 244 g/mol. The lowest BCUT2D eigenvalue weighted by Crippen LogP contribution is -1.91. The number of aromatic nitrogens is 4. The molecular formula is C11H8N4O3. The van der Waals surface area contributed by atoms with E-state index < -0.39 is 5.97 Å². The summed E-state index contributed by atoms with van der Waals surface area (Å²) < 4.78 is 6.36. The number of rotatable bonds is 2. The van der Waals surface area contributed by atoms with Crippen molar-refractivity contribution in [3.63, 3.8) is 0 Å². The van der Waals surface area contributed by atoms with Gasteiger partial charge in [-0.1, -0.05) is 16.4 Å². The van der Waals surface area contributed by atoms with Crippen molar-refractivity contribution in [3.05, 3.63) is 30.0 Å². The Bertz CT molecular complexity index is 744. The van der Waals surface area contributed by atoms with Crippen molar-refractivity contribution in [3.8, 4) is 11.3 Å². The van der Waals surface area contributed by atoms with E-state index in [-0.39, 0.29) is 5.76 Å². The van der Waals surface area contributed by atoms with Gasteiger partial charge in [0.2, 0.25) is 5.76 Å². The maximum absolute atomic E-state index is 10.7. The topological polar surface area (TPSA) is 94.0 Å². The Hall–Kier alpha value is -2.70. The predicted octanol–water partition coefficient (Wildman–Crippen LogP) is 1.32. The summed E-state index contributed by atoms with van der Waals surface area (Å²) in [5, 5.41) is 20.3. The van der Waals surface area contributed by atoms with E-state index in [0.717, 1.165) is 16.6 Å². The molecule has 0 saturated heterocycles. The van der Waals surface area contributed by atoms with Gasteiger partial charge in [-0.05, 0) is 12.1 Å². The minimum absolute atomic E-state index is 0.191. The summed E-state index contributed by atoms with van der Waals surface area (Å²) in [6.45, 7) is 0. The minimum atomic E-state index is -1.14. The molecule has 0 bridgehead atoms. The molecule has 0 aliphatic heterocycles. The molecule has 7 heteroatoms. The fourth-order valence-corrected chi connectivity index (χ4v) is 1.71. The summed E-state index contributed by atoms with van der Waals surface area (Å²) in [6.07, 6.45) is 0. The predicted molar refractivity (Wildman–Crippen MR) is 61.0 cm³/mol. The first kappa shape index (κ1) is 10.5. The van der Waals surface area contributed by atoms with Crippen molar-refractivity contribution in [1.82, 2.24) is 20.2 Å². The zero-order valence-corrected chi connectivity index (χ0v) is 9.36. The van der Waals surface area contributed by atoms with Crippen LogP contribution in [0, 0.1) is 0 Å². The smallest absolute Gasteiger partial charge is 0.374 e. The quantitative estimate of drug-likeness (QED) is 0.730. The zero-order chi connectivity index (χ0) is 12.7. The Balaban J connectivity index is 2.10. The maximum Gasteiger partial charge on any atom is 0.374 e. The van der Waals surface area contributed by atoms with Crippen LogP contribution in [-0.4, -0.2) is 31.2 Å². The number of carboxylic acids is 1. The number of hydrogen-bond acceptors (Lipinski definition) is 5. The molecule has 18 heavy (non-hydrogen) atoms. The number of fused-ring (bicyclic) bond motifs is 1. The van der Waals surface area contributed by atoms with Crippen LogP contribution < -0.4 is 0 Å². The van der Waals surface area contributed by atoms with Gasteiger partial charge in [-0.15, -0.1) is 5.10 Å². The summed E-state index contributed by atoms with van der Waals surface area (Å²) >= 11 is 0. The largest absolute Gasteiger partial charge is 0.475 e. The Labute approximate surface area is 101 Å². The molecule has 90 valence electrons. The third-order valence-corrected chi connectivity index (χ3v) is 2.63. The molecule has 0 aliphatic carbocycles. The number of carbonyl (C=O) groups is 1. The number of carboxylic acid groups (broad SMARTS) is 1. The molecule has 3 aromatic rings. The molecule has 0 unspecified atom stereocenters. The molecule has 7 nitrogen and oxygen atoms in total. The first-order valence-corrected chi connectivity index (χ1v) is 5.15. The van der Waals surface area contributed by atoms with Gasteiger partial charge >= 0.3 is 5.97 Å². The van der Waals surface area contributed by atoms with Crippen LogP contribution >= 0.6 is 0 Å². The fraction of sp³-hybridized carbons (Fsp3) is 0.0909. The Morgan fingerprint density at radius 3 is 2.94 bits per heavy atom. The van der Waals surface area contributed by atoms with Gasteiger partial charge < -0.3 is 9.63 Å². The SMILES string of the molecule is Cn1nnc2cc(-c3cc(C(=O)O)on3)ccc21. The van der Waals surface area contributed by atoms with E-state index in [1.165, 1.54) is 6.07 Å².